The maximum Gasteiger partial charge on any atom is 0.298 e. The second-order valence-corrected chi connectivity index (χ2v) is 6.77. The second kappa shape index (κ2) is 6.74. The molecule has 0 radical (unpaired) electrons. The first kappa shape index (κ1) is 15.9. The van der Waals surface area contributed by atoms with E-state index in [9.17, 15) is 9.59 Å². The van der Waals surface area contributed by atoms with Crippen molar-refractivity contribution in [1.29, 1.82) is 0 Å². The number of oxazole rings is 1. The third kappa shape index (κ3) is 3.45. The fourth-order valence-corrected chi connectivity index (χ4v) is 3.57. The van der Waals surface area contributed by atoms with Gasteiger partial charge in [-0.05, 0) is 37.8 Å². The van der Waals surface area contributed by atoms with Crippen LogP contribution in [0.5, 0.6) is 0 Å². The predicted molar refractivity (Wildman–Crippen MR) is 93.2 cm³/mol. The largest absolute Gasteiger partial charge is 0.423 e. The molecule has 0 unspecified atom stereocenters. The molecule has 0 bridgehead atoms. The lowest BCUT2D eigenvalue weighted by atomic mass is 10.0. The molecule has 7 heteroatoms. The van der Waals surface area contributed by atoms with Gasteiger partial charge in [-0.3, -0.25) is 9.59 Å². The molecule has 7 nitrogen and oxygen atoms in total. The molecule has 0 spiro atoms. The fourth-order valence-electron chi connectivity index (χ4n) is 3.57. The van der Waals surface area contributed by atoms with Crippen molar-refractivity contribution in [3.05, 3.63) is 24.3 Å². The van der Waals surface area contributed by atoms with Gasteiger partial charge in [0.25, 0.3) is 6.01 Å². The summed E-state index contributed by atoms with van der Waals surface area (Å²) in [5, 5.41) is 5.85. The highest BCUT2D eigenvalue weighted by Crippen LogP contribution is 2.24. The molecule has 132 valence electrons. The summed E-state index contributed by atoms with van der Waals surface area (Å²) in [7, 11) is 0. The van der Waals surface area contributed by atoms with E-state index in [1.165, 1.54) is 0 Å². The van der Waals surface area contributed by atoms with Gasteiger partial charge in [-0.1, -0.05) is 12.1 Å². The standard InChI is InChI=1S/C18H22N4O3/c23-16-9-3-7-14(20-16)17(24)19-12-5-4-10-22(11-12)18-21-13-6-1-2-8-15(13)25-18/h1-2,6,8,12,14H,3-5,7,9-11H2,(H,19,24)(H,20,23)/t12-,14+/m0/s1. The lowest BCUT2D eigenvalue weighted by molar-refractivity contribution is -0.131. The number of anilines is 1. The number of aromatic nitrogens is 1. The monoisotopic (exact) mass is 342 g/mol. The summed E-state index contributed by atoms with van der Waals surface area (Å²) >= 11 is 0. The minimum Gasteiger partial charge on any atom is -0.423 e. The molecule has 2 aliphatic heterocycles. The maximum atomic E-state index is 12.4. The van der Waals surface area contributed by atoms with Crippen molar-refractivity contribution in [2.45, 2.75) is 44.2 Å². The zero-order valence-electron chi connectivity index (χ0n) is 14.0. The van der Waals surface area contributed by atoms with Crippen LogP contribution >= 0.6 is 0 Å². The average Bonchev–Trinajstić information content (AvgIpc) is 3.06. The van der Waals surface area contributed by atoms with Crippen LogP contribution in [0.3, 0.4) is 0 Å². The van der Waals surface area contributed by atoms with Gasteiger partial charge in [0.1, 0.15) is 11.6 Å². The molecular formula is C18H22N4O3. The van der Waals surface area contributed by atoms with Gasteiger partial charge in [0.15, 0.2) is 5.58 Å². The summed E-state index contributed by atoms with van der Waals surface area (Å²) in [5.74, 6) is -0.124. The number of amides is 2. The molecule has 1 aromatic heterocycles. The van der Waals surface area contributed by atoms with E-state index < -0.39 is 6.04 Å². The highest BCUT2D eigenvalue weighted by atomic mass is 16.4. The molecule has 0 aliphatic carbocycles. The number of carbonyl (C=O) groups excluding carboxylic acids is 2. The molecular weight excluding hydrogens is 320 g/mol. The van der Waals surface area contributed by atoms with E-state index in [0.29, 0.717) is 25.4 Å². The van der Waals surface area contributed by atoms with Gasteiger partial charge < -0.3 is 20.0 Å². The predicted octanol–water partition coefficient (Wildman–Crippen LogP) is 1.58. The van der Waals surface area contributed by atoms with Gasteiger partial charge in [-0.2, -0.15) is 4.98 Å². The van der Waals surface area contributed by atoms with E-state index in [0.717, 1.165) is 36.9 Å². The normalized spacial score (nSPS) is 24.2. The Morgan fingerprint density at radius 2 is 2.16 bits per heavy atom. The van der Waals surface area contributed by atoms with Crippen molar-refractivity contribution in [3.8, 4) is 0 Å². The lowest BCUT2D eigenvalue weighted by Crippen LogP contribution is -2.55. The first-order chi connectivity index (χ1) is 12.2. The molecule has 25 heavy (non-hydrogen) atoms. The van der Waals surface area contributed by atoms with Gasteiger partial charge >= 0.3 is 0 Å². The summed E-state index contributed by atoms with van der Waals surface area (Å²) in [4.78, 5) is 30.5. The van der Waals surface area contributed by atoms with E-state index in [2.05, 4.69) is 20.5 Å². The Morgan fingerprint density at radius 3 is 3.00 bits per heavy atom. The topological polar surface area (TPSA) is 87.5 Å². The smallest absolute Gasteiger partial charge is 0.298 e. The minimum atomic E-state index is -0.402. The third-order valence-electron chi connectivity index (χ3n) is 4.87. The molecule has 2 aliphatic rings. The number of hydrogen-bond acceptors (Lipinski definition) is 5. The summed E-state index contributed by atoms with van der Waals surface area (Å²) in [6, 6.07) is 7.93. The van der Waals surface area contributed by atoms with E-state index in [4.69, 9.17) is 4.42 Å². The van der Waals surface area contributed by atoms with Crippen LogP contribution in [-0.2, 0) is 9.59 Å². The number of para-hydroxylation sites is 2. The van der Waals surface area contributed by atoms with Crippen LogP contribution in [0.2, 0.25) is 0 Å². The Balaban J connectivity index is 1.40. The summed E-state index contributed by atoms with van der Waals surface area (Å²) in [6.07, 6.45) is 3.87. The van der Waals surface area contributed by atoms with Crippen LogP contribution in [0.4, 0.5) is 6.01 Å². The molecule has 2 amide bonds. The number of nitrogens with zero attached hydrogens (tertiary/aromatic N) is 2. The molecule has 2 N–H and O–H groups in total. The zero-order valence-corrected chi connectivity index (χ0v) is 14.0. The molecule has 2 atom stereocenters. The molecule has 2 saturated heterocycles. The van der Waals surface area contributed by atoms with Crippen LogP contribution < -0.4 is 15.5 Å². The Morgan fingerprint density at radius 1 is 1.28 bits per heavy atom. The van der Waals surface area contributed by atoms with Gasteiger partial charge in [0, 0.05) is 25.6 Å². The summed E-state index contributed by atoms with van der Waals surface area (Å²) in [6.45, 7) is 1.53. The molecule has 1 aromatic carbocycles. The van der Waals surface area contributed by atoms with Crippen LogP contribution in [0, 0.1) is 0 Å². The zero-order chi connectivity index (χ0) is 17.2. The minimum absolute atomic E-state index is 0.0371. The average molecular weight is 342 g/mol. The van der Waals surface area contributed by atoms with Gasteiger partial charge in [-0.15, -0.1) is 0 Å². The maximum absolute atomic E-state index is 12.4. The number of hydrogen-bond donors (Lipinski definition) is 2. The Bertz CT molecular complexity index is 754. The van der Waals surface area contributed by atoms with E-state index in [-0.39, 0.29) is 17.9 Å². The molecule has 2 aromatic rings. The quantitative estimate of drug-likeness (QED) is 0.884. The van der Waals surface area contributed by atoms with Crippen molar-refractivity contribution in [1.82, 2.24) is 15.6 Å². The Hall–Kier alpha value is -2.57. The van der Waals surface area contributed by atoms with Crippen molar-refractivity contribution in [3.63, 3.8) is 0 Å². The Labute approximate surface area is 145 Å². The van der Waals surface area contributed by atoms with Crippen molar-refractivity contribution in [2.24, 2.45) is 0 Å². The van der Waals surface area contributed by atoms with Crippen LogP contribution in [-0.4, -0.2) is 42.0 Å². The molecule has 0 saturated carbocycles. The van der Waals surface area contributed by atoms with E-state index in [1.54, 1.807) is 0 Å². The van der Waals surface area contributed by atoms with Crippen LogP contribution in [0.15, 0.2) is 28.7 Å². The number of nitrogens with one attached hydrogen (secondary N) is 2. The highest BCUT2D eigenvalue weighted by molar-refractivity contribution is 5.88. The third-order valence-corrected chi connectivity index (χ3v) is 4.87. The number of benzene rings is 1. The Kier molecular flexibility index (Phi) is 4.29. The number of piperidine rings is 2. The van der Waals surface area contributed by atoms with Crippen molar-refractivity contribution in [2.75, 3.05) is 18.0 Å². The number of carbonyl (C=O) groups is 2. The van der Waals surface area contributed by atoms with Crippen molar-refractivity contribution >= 4 is 28.9 Å². The first-order valence-electron chi connectivity index (χ1n) is 8.89. The van der Waals surface area contributed by atoms with E-state index in [1.807, 2.05) is 24.3 Å². The SMILES string of the molecule is O=C1CCC[C@H](C(=O)N[C@H]2CCCN(c3nc4ccccc4o3)C2)N1. The fraction of sp³-hybridized carbons (Fsp3) is 0.500. The van der Waals surface area contributed by atoms with Crippen LogP contribution in [0.1, 0.15) is 32.1 Å². The lowest BCUT2D eigenvalue weighted by Gasteiger charge is -2.33. The van der Waals surface area contributed by atoms with Crippen molar-refractivity contribution < 1.29 is 14.0 Å². The van der Waals surface area contributed by atoms with Crippen LogP contribution in [0.25, 0.3) is 11.1 Å². The molecule has 2 fully saturated rings. The number of rotatable bonds is 3. The molecule has 4 rings (SSSR count). The van der Waals surface area contributed by atoms with Gasteiger partial charge in [0.2, 0.25) is 11.8 Å². The highest BCUT2D eigenvalue weighted by Gasteiger charge is 2.29. The number of fused-ring (bicyclic) bond motifs is 1. The molecule has 3 heterocycles. The van der Waals surface area contributed by atoms with Gasteiger partial charge in [-0.25, -0.2) is 0 Å². The summed E-state index contributed by atoms with van der Waals surface area (Å²) in [5.41, 5.74) is 1.61. The van der Waals surface area contributed by atoms with Gasteiger partial charge in [0.05, 0.1) is 0 Å². The second-order valence-electron chi connectivity index (χ2n) is 6.77. The first-order valence-corrected chi connectivity index (χ1v) is 8.89. The summed E-state index contributed by atoms with van der Waals surface area (Å²) < 4.78 is 5.84. The van der Waals surface area contributed by atoms with E-state index >= 15 is 0 Å².